The first kappa shape index (κ1) is 14.8. The molecule has 6 heteroatoms. The first-order valence-corrected chi connectivity index (χ1v) is 7.71. The van der Waals surface area contributed by atoms with Gasteiger partial charge in [0.05, 0.1) is 5.75 Å². The lowest BCUT2D eigenvalue weighted by Gasteiger charge is -2.15. The Morgan fingerprint density at radius 3 is 2.53 bits per heavy atom. The third-order valence-corrected chi connectivity index (χ3v) is 4.48. The molecule has 1 aromatic carbocycles. The number of sulfonamides is 1. The van der Waals surface area contributed by atoms with Crippen molar-refractivity contribution in [1.82, 2.24) is 4.72 Å². The molecule has 0 unspecified atom stereocenters. The summed E-state index contributed by atoms with van der Waals surface area (Å²) in [6.07, 6.45) is 0.580. The van der Waals surface area contributed by atoms with Gasteiger partial charge in [0.1, 0.15) is 0 Å². The Labute approximate surface area is 112 Å². The van der Waals surface area contributed by atoms with E-state index in [0.717, 1.165) is 5.56 Å². The molecule has 0 aromatic heterocycles. The average Bonchev–Trinajstić information content (AvgIpc) is 2.15. The van der Waals surface area contributed by atoms with Crippen LogP contribution in [0.15, 0.2) is 18.2 Å². The van der Waals surface area contributed by atoms with Crippen molar-refractivity contribution in [2.24, 2.45) is 0 Å². The van der Waals surface area contributed by atoms with Crippen molar-refractivity contribution < 1.29 is 8.42 Å². The largest absolute Gasteiger partial charge is 0.212 e. The number of hydrogen-bond donors (Lipinski definition) is 1. The van der Waals surface area contributed by atoms with Gasteiger partial charge < -0.3 is 0 Å². The second-order valence-electron chi connectivity index (χ2n) is 3.82. The summed E-state index contributed by atoms with van der Waals surface area (Å²) in [4.78, 5) is 0. The number of halogens is 2. The Kier molecular flexibility index (Phi) is 5.25. The molecule has 0 spiro atoms. The fourth-order valence-corrected chi connectivity index (χ4v) is 3.41. The minimum absolute atomic E-state index is 0.114. The van der Waals surface area contributed by atoms with E-state index in [1.54, 1.807) is 25.1 Å². The molecule has 0 radical (unpaired) electrons. The summed E-state index contributed by atoms with van der Waals surface area (Å²) in [5, 5.41) is 0.992. The van der Waals surface area contributed by atoms with E-state index in [-0.39, 0.29) is 11.8 Å². The zero-order valence-corrected chi connectivity index (χ0v) is 12.0. The number of benzene rings is 1. The normalized spacial score (nSPS) is 13.6. The van der Waals surface area contributed by atoms with E-state index in [9.17, 15) is 8.42 Å². The van der Waals surface area contributed by atoms with Gasteiger partial charge in [-0.1, -0.05) is 36.2 Å². The van der Waals surface area contributed by atoms with Gasteiger partial charge in [0.15, 0.2) is 0 Å². The second kappa shape index (κ2) is 6.05. The van der Waals surface area contributed by atoms with Crippen molar-refractivity contribution in [2.45, 2.75) is 26.3 Å². The Bertz CT molecular complexity index is 488. The summed E-state index contributed by atoms with van der Waals surface area (Å²) < 4.78 is 25.8. The minimum Gasteiger partial charge on any atom is -0.212 e. The van der Waals surface area contributed by atoms with E-state index in [4.69, 9.17) is 23.2 Å². The summed E-state index contributed by atoms with van der Waals surface area (Å²) in [6.45, 7) is 3.57. The first-order valence-electron chi connectivity index (χ1n) is 5.30. The maximum atomic E-state index is 11.6. The molecular weight excluding hydrogens is 281 g/mol. The monoisotopic (exact) mass is 295 g/mol. The summed E-state index contributed by atoms with van der Waals surface area (Å²) >= 11 is 11.8. The third-order valence-electron chi connectivity index (χ3n) is 2.26. The molecule has 1 rings (SSSR count). The van der Waals surface area contributed by atoms with E-state index in [1.807, 2.05) is 6.92 Å². The summed E-state index contributed by atoms with van der Waals surface area (Å²) in [6, 6.07) is 4.65. The maximum Gasteiger partial charge on any atom is 0.212 e. The average molecular weight is 296 g/mol. The van der Waals surface area contributed by atoms with E-state index >= 15 is 0 Å². The van der Waals surface area contributed by atoms with Gasteiger partial charge in [0, 0.05) is 16.1 Å². The van der Waals surface area contributed by atoms with Gasteiger partial charge in [-0.25, -0.2) is 13.1 Å². The molecule has 0 fully saturated rings. The Balaban J connectivity index is 2.87. The zero-order valence-electron chi connectivity index (χ0n) is 9.70. The smallest absolute Gasteiger partial charge is 0.212 e. The van der Waals surface area contributed by atoms with Crippen molar-refractivity contribution in [3.63, 3.8) is 0 Å². The minimum atomic E-state index is -3.25. The van der Waals surface area contributed by atoms with Crippen LogP contribution in [0.4, 0.5) is 0 Å². The topological polar surface area (TPSA) is 46.2 Å². The summed E-state index contributed by atoms with van der Waals surface area (Å²) in [7, 11) is -3.25. The molecule has 96 valence electrons. The van der Waals surface area contributed by atoms with Gasteiger partial charge in [-0.05, 0) is 31.0 Å². The van der Waals surface area contributed by atoms with Crippen LogP contribution in [0.25, 0.3) is 0 Å². The maximum absolute atomic E-state index is 11.6. The molecule has 1 atom stereocenters. The quantitative estimate of drug-likeness (QED) is 0.905. The van der Waals surface area contributed by atoms with Crippen molar-refractivity contribution in [1.29, 1.82) is 0 Å². The molecule has 0 bridgehead atoms. The molecule has 17 heavy (non-hydrogen) atoms. The van der Waals surface area contributed by atoms with Crippen LogP contribution in [0.1, 0.15) is 31.9 Å². The van der Waals surface area contributed by atoms with Crippen molar-refractivity contribution in [3.05, 3.63) is 33.8 Å². The first-order chi connectivity index (χ1) is 7.85. The fourth-order valence-electron chi connectivity index (χ4n) is 1.51. The van der Waals surface area contributed by atoms with Gasteiger partial charge in [0.2, 0.25) is 10.0 Å². The molecule has 1 N–H and O–H groups in total. The highest BCUT2D eigenvalue weighted by Crippen LogP contribution is 2.26. The molecule has 0 saturated heterocycles. The highest BCUT2D eigenvalue weighted by Gasteiger charge is 2.16. The Hall–Kier alpha value is -0.290. The van der Waals surface area contributed by atoms with E-state index in [2.05, 4.69) is 4.72 Å². The predicted molar refractivity (Wildman–Crippen MR) is 72.1 cm³/mol. The molecule has 0 heterocycles. The van der Waals surface area contributed by atoms with Crippen LogP contribution in [-0.4, -0.2) is 14.2 Å². The lowest BCUT2D eigenvalue weighted by Crippen LogP contribution is -2.29. The lowest BCUT2D eigenvalue weighted by molar-refractivity contribution is 0.565. The van der Waals surface area contributed by atoms with E-state index in [1.165, 1.54) is 0 Å². The van der Waals surface area contributed by atoms with Crippen LogP contribution in [0.5, 0.6) is 0 Å². The van der Waals surface area contributed by atoms with Crippen LogP contribution >= 0.6 is 23.2 Å². The molecule has 0 aliphatic carbocycles. The van der Waals surface area contributed by atoms with Gasteiger partial charge >= 0.3 is 0 Å². The van der Waals surface area contributed by atoms with Crippen LogP contribution in [0.2, 0.25) is 10.0 Å². The molecular formula is C11H15Cl2NO2S. The number of rotatable bonds is 5. The second-order valence-corrected chi connectivity index (χ2v) is 6.54. The van der Waals surface area contributed by atoms with Crippen LogP contribution in [0.3, 0.4) is 0 Å². The lowest BCUT2D eigenvalue weighted by atomic mass is 10.1. The SMILES string of the molecule is CCCS(=O)(=O)N[C@@H](C)c1ccc(Cl)cc1Cl. The highest BCUT2D eigenvalue weighted by molar-refractivity contribution is 7.89. The molecule has 1 aromatic rings. The number of nitrogens with one attached hydrogen (secondary N) is 1. The highest BCUT2D eigenvalue weighted by atomic mass is 35.5. The van der Waals surface area contributed by atoms with Crippen LogP contribution in [0, 0.1) is 0 Å². The standard InChI is InChI=1S/C11H15Cl2NO2S/c1-3-6-17(15,16)14-8(2)10-5-4-9(12)7-11(10)13/h4-5,7-8,14H,3,6H2,1-2H3/t8-/m0/s1. The summed E-state index contributed by atoms with van der Waals surface area (Å²) in [5.41, 5.74) is 0.718. The van der Waals surface area contributed by atoms with Crippen LogP contribution < -0.4 is 4.72 Å². The Morgan fingerprint density at radius 2 is 2.00 bits per heavy atom. The third kappa shape index (κ3) is 4.47. The van der Waals surface area contributed by atoms with E-state index in [0.29, 0.717) is 16.5 Å². The molecule has 0 aliphatic heterocycles. The molecule has 0 saturated carbocycles. The molecule has 0 amide bonds. The predicted octanol–water partition coefficient (Wildman–Crippen LogP) is 3.38. The van der Waals surface area contributed by atoms with Crippen molar-refractivity contribution >= 4 is 33.2 Å². The fraction of sp³-hybridized carbons (Fsp3) is 0.455. The molecule has 0 aliphatic rings. The van der Waals surface area contributed by atoms with Gasteiger partial charge in [-0.15, -0.1) is 0 Å². The van der Waals surface area contributed by atoms with Crippen molar-refractivity contribution in [2.75, 3.05) is 5.75 Å². The Morgan fingerprint density at radius 1 is 1.35 bits per heavy atom. The number of hydrogen-bond acceptors (Lipinski definition) is 2. The van der Waals surface area contributed by atoms with Crippen LogP contribution in [-0.2, 0) is 10.0 Å². The van der Waals surface area contributed by atoms with Crippen molar-refractivity contribution in [3.8, 4) is 0 Å². The van der Waals surface area contributed by atoms with E-state index < -0.39 is 10.0 Å². The van der Waals surface area contributed by atoms with Gasteiger partial charge in [-0.3, -0.25) is 0 Å². The zero-order chi connectivity index (χ0) is 13.1. The van der Waals surface area contributed by atoms with Gasteiger partial charge in [0.25, 0.3) is 0 Å². The molecule has 3 nitrogen and oxygen atoms in total. The summed E-state index contributed by atoms with van der Waals surface area (Å²) in [5.74, 6) is 0.114. The van der Waals surface area contributed by atoms with Gasteiger partial charge in [-0.2, -0.15) is 0 Å².